The molecule has 1 aliphatic carbocycles. The maximum Gasteiger partial charge on any atom is 0.308 e. The van der Waals surface area contributed by atoms with Crippen LogP contribution in [0.25, 0.3) is 0 Å². The van der Waals surface area contributed by atoms with Gasteiger partial charge in [0.05, 0.1) is 25.0 Å². The molecule has 176 valence electrons. The van der Waals surface area contributed by atoms with Crippen molar-refractivity contribution in [1.82, 2.24) is 0 Å². The summed E-state index contributed by atoms with van der Waals surface area (Å²) in [4.78, 5) is 24.5. The second kappa shape index (κ2) is 17.6. The number of carbonyl (C=O) groups excluding carboxylic acids is 2. The molecule has 0 unspecified atom stereocenters. The number of rotatable bonds is 17. The summed E-state index contributed by atoms with van der Waals surface area (Å²) in [6.07, 6.45) is 17.5. The lowest BCUT2D eigenvalue weighted by molar-refractivity contribution is -0.155. The van der Waals surface area contributed by atoms with E-state index in [9.17, 15) is 9.59 Å². The second-order valence-corrected chi connectivity index (χ2v) is 9.60. The summed E-state index contributed by atoms with van der Waals surface area (Å²) in [5.74, 6) is 0.561. The smallest absolute Gasteiger partial charge is 0.308 e. The van der Waals surface area contributed by atoms with Crippen LogP contribution in [-0.2, 0) is 19.1 Å². The Bertz CT molecular complexity index is 438. The van der Waals surface area contributed by atoms with Crippen molar-refractivity contribution in [3.63, 3.8) is 0 Å². The van der Waals surface area contributed by atoms with Crippen molar-refractivity contribution < 1.29 is 19.1 Å². The molecule has 0 spiro atoms. The fourth-order valence-corrected chi connectivity index (χ4v) is 4.21. The van der Waals surface area contributed by atoms with Crippen molar-refractivity contribution >= 4 is 11.9 Å². The predicted octanol–water partition coefficient (Wildman–Crippen LogP) is 7.24. The number of carbonyl (C=O) groups is 2. The van der Waals surface area contributed by atoms with Crippen molar-refractivity contribution in [2.75, 3.05) is 13.2 Å². The number of ether oxygens (including phenoxy) is 2. The average molecular weight is 425 g/mol. The summed E-state index contributed by atoms with van der Waals surface area (Å²) in [7, 11) is 0. The molecule has 1 saturated carbocycles. The zero-order chi connectivity index (χ0) is 22.0. The van der Waals surface area contributed by atoms with Gasteiger partial charge in [0.1, 0.15) is 0 Å². The standard InChI is InChI=1S/C26H48O4/c1-4-5-6-7-8-9-10-13-20-29-25(27)23-16-18-24(19-17-23)26(28)30-21-14-11-12-15-22(2)3/h22-24H,4-21H2,1-3H3. The normalized spacial score (nSPS) is 19.1. The molecule has 0 atom stereocenters. The first-order valence-corrected chi connectivity index (χ1v) is 12.9. The highest BCUT2D eigenvalue weighted by atomic mass is 16.5. The van der Waals surface area contributed by atoms with E-state index >= 15 is 0 Å². The van der Waals surface area contributed by atoms with Gasteiger partial charge in [-0.2, -0.15) is 0 Å². The summed E-state index contributed by atoms with van der Waals surface area (Å²) in [5.41, 5.74) is 0. The Hall–Kier alpha value is -1.06. The van der Waals surface area contributed by atoms with Crippen LogP contribution in [0.4, 0.5) is 0 Å². The van der Waals surface area contributed by atoms with Crippen molar-refractivity contribution in [1.29, 1.82) is 0 Å². The lowest BCUT2D eigenvalue weighted by Crippen LogP contribution is -2.28. The Morgan fingerprint density at radius 2 is 1.07 bits per heavy atom. The SMILES string of the molecule is CCCCCCCCCCOC(=O)C1CCC(C(=O)OCCCCCC(C)C)CC1. The van der Waals surface area contributed by atoms with Gasteiger partial charge in [-0.1, -0.05) is 85.0 Å². The highest BCUT2D eigenvalue weighted by Crippen LogP contribution is 2.30. The van der Waals surface area contributed by atoms with Gasteiger partial charge in [-0.25, -0.2) is 0 Å². The van der Waals surface area contributed by atoms with Gasteiger partial charge in [0, 0.05) is 0 Å². The topological polar surface area (TPSA) is 52.6 Å². The number of esters is 2. The van der Waals surface area contributed by atoms with E-state index in [0.29, 0.717) is 13.2 Å². The van der Waals surface area contributed by atoms with E-state index in [2.05, 4.69) is 20.8 Å². The number of hydrogen-bond acceptors (Lipinski definition) is 4. The molecule has 4 nitrogen and oxygen atoms in total. The van der Waals surface area contributed by atoms with Gasteiger partial charge >= 0.3 is 11.9 Å². The Balaban J connectivity index is 2.01. The summed E-state index contributed by atoms with van der Waals surface area (Å²) >= 11 is 0. The molecule has 0 aliphatic heterocycles. The lowest BCUT2D eigenvalue weighted by atomic mass is 9.82. The molecular formula is C26H48O4. The molecule has 0 bridgehead atoms. The molecular weight excluding hydrogens is 376 g/mol. The largest absolute Gasteiger partial charge is 0.465 e. The maximum absolute atomic E-state index is 12.3. The molecule has 1 fully saturated rings. The van der Waals surface area contributed by atoms with E-state index in [4.69, 9.17) is 9.47 Å². The zero-order valence-electron chi connectivity index (χ0n) is 20.1. The molecule has 0 saturated heterocycles. The first kappa shape index (κ1) is 27.0. The minimum Gasteiger partial charge on any atom is -0.465 e. The van der Waals surface area contributed by atoms with E-state index < -0.39 is 0 Å². The fourth-order valence-electron chi connectivity index (χ4n) is 4.21. The molecule has 1 rings (SSSR count). The summed E-state index contributed by atoms with van der Waals surface area (Å²) in [6, 6.07) is 0. The van der Waals surface area contributed by atoms with Crippen molar-refractivity contribution in [2.24, 2.45) is 17.8 Å². The Kier molecular flexibility index (Phi) is 15.8. The quantitative estimate of drug-likeness (QED) is 0.182. The second-order valence-electron chi connectivity index (χ2n) is 9.60. The molecule has 0 amide bonds. The lowest BCUT2D eigenvalue weighted by Gasteiger charge is -2.26. The molecule has 1 aliphatic rings. The molecule has 0 aromatic rings. The van der Waals surface area contributed by atoms with Gasteiger partial charge in [0.2, 0.25) is 0 Å². The maximum atomic E-state index is 12.3. The van der Waals surface area contributed by atoms with Crippen LogP contribution >= 0.6 is 0 Å². The number of hydrogen-bond donors (Lipinski definition) is 0. The van der Waals surface area contributed by atoms with Crippen molar-refractivity contribution in [3.8, 4) is 0 Å². The van der Waals surface area contributed by atoms with E-state index in [1.54, 1.807) is 0 Å². The fraction of sp³-hybridized carbons (Fsp3) is 0.923. The summed E-state index contributed by atoms with van der Waals surface area (Å²) < 4.78 is 10.9. The van der Waals surface area contributed by atoms with Gasteiger partial charge in [-0.15, -0.1) is 0 Å². The predicted molar refractivity (Wildman–Crippen MR) is 123 cm³/mol. The zero-order valence-corrected chi connectivity index (χ0v) is 20.1. The van der Waals surface area contributed by atoms with E-state index in [0.717, 1.165) is 57.3 Å². The molecule has 4 heteroatoms. The van der Waals surface area contributed by atoms with Gasteiger partial charge < -0.3 is 9.47 Å². The van der Waals surface area contributed by atoms with Crippen LogP contribution in [0.5, 0.6) is 0 Å². The van der Waals surface area contributed by atoms with Crippen LogP contribution in [0.1, 0.15) is 124 Å². The minimum atomic E-state index is -0.0652. The van der Waals surface area contributed by atoms with E-state index in [1.165, 1.54) is 51.4 Å². The van der Waals surface area contributed by atoms with Gasteiger partial charge in [0.15, 0.2) is 0 Å². The highest BCUT2D eigenvalue weighted by Gasteiger charge is 2.31. The third kappa shape index (κ3) is 13.3. The summed E-state index contributed by atoms with van der Waals surface area (Å²) in [6.45, 7) is 7.80. The molecule has 0 heterocycles. The molecule has 0 aromatic heterocycles. The first-order chi connectivity index (χ1) is 14.5. The van der Waals surface area contributed by atoms with E-state index in [-0.39, 0.29) is 23.8 Å². The molecule has 0 radical (unpaired) electrons. The Morgan fingerprint density at radius 1 is 0.667 bits per heavy atom. The van der Waals surface area contributed by atoms with Crippen LogP contribution in [0, 0.1) is 17.8 Å². The highest BCUT2D eigenvalue weighted by molar-refractivity contribution is 5.75. The Morgan fingerprint density at radius 3 is 1.50 bits per heavy atom. The van der Waals surface area contributed by atoms with Gasteiger partial charge in [0.25, 0.3) is 0 Å². The first-order valence-electron chi connectivity index (χ1n) is 12.9. The average Bonchev–Trinajstić information content (AvgIpc) is 2.74. The van der Waals surface area contributed by atoms with Gasteiger partial charge in [-0.05, 0) is 44.4 Å². The summed E-state index contributed by atoms with van der Waals surface area (Å²) in [5, 5.41) is 0. The van der Waals surface area contributed by atoms with Crippen LogP contribution in [0.2, 0.25) is 0 Å². The molecule has 30 heavy (non-hydrogen) atoms. The minimum absolute atomic E-state index is 0.0286. The number of unbranched alkanes of at least 4 members (excludes halogenated alkanes) is 9. The van der Waals surface area contributed by atoms with Crippen molar-refractivity contribution in [2.45, 2.75) is 124 Å². The van der Waals surface area contributed by atoms with Crippen LogP contribution in [0.3, 0.4) is 0 Å². The Labute approximate surface area is 185 Å². The van der Waals surface area contributed by atoms with Crippen LogP contribution in [0.15, 0.2) is 0 Å². The van der Waals surface area contributed by atoms with Crippen LogP contribution in [-0.4, -0.2) is 25.2 Å². The molecule has 0 aromatic carbocycles. The van der Waals surface area contributed by atoms with Crippen LogP contribution < -0.4 is 0 Å². The third-order valence-corrected chi connectivity index (χ3v) is 6.31. The monoisotopic (exact) mass is 424 g/mol. The van der Waals surface area contributed by atoms with Gasteiger partial charge in [-0.3, -0.25) is 9.59 Å². The van der Waals surface area contributed by atoms with E-state index in [1.807, 2.05) is 0 Å². The van der Waals surface area contributed by atoms with Crippen molar-refractivity contribution in [3.05, 3.63) is 0 Å². The third-order valence-electron chi connectivity index (χ3n) is 6.31. The molecule has 0 N–H and O–H groups in total.